The SMILES string of the molecule is CC(C(=O)N1CC(CC2COCC(=O)N2)c2ccccc21)n1cncn1. The molecule has 26 heavy (non-hydrogen) atoms. The van der Waals surface area contributed by atoms with Gasteiger partial charge in [-0.3, -0.25) is 9.59 Å². The lowest BCUT2D eigenvalue weighted by Gasteiger charge is -2.26. The fraction of sp³-hybridized carbons (Fsp3) is 0.444. The average molecular weight is 355 g/mol. The molecule has 2 aliphatic heterocycles. The normalized spacial score (nSPS) is 23.4. The highest BCUT2D eigenvalue weighted by molar-refractivity contribution is 5.98. The predicted octanol–water partition coefficient (Wildman–Crippen LogP) is 0.875. The number of hydrogen-bond acceptors (Lipinski definition) is 5. The zero-order chi connectivity index (χ0) is 18.1. The summed E-state index contributed by atoms with van der Waals surface area (Å²) >= 11 is 0. The predicted molar refractivity (Wildman–Crippen MR) is 93.6 cm³/mol. The monoisotopic (exact) mass is 355 g/mol. The molecule has 0 saturated carbocycles. The summed E-state index contributed by atoms with van der Waals surface area (Å²) in [6, 6.07) is 7.49. The van der Waals surface area contributed by atoms with Crippen LogP contribution in [0.4, 0.5) is 5.69 Å². The molecule has 1 N–H and O–H groups in total. The molecule has 2 aromatic rings. The number of carbonyl (C=O) groups is 2. The number of rotatable bonds is 4. The zero-order valence-electron chi connectivity index (χ0n) is 14.5. The van der Waals surface area contributed by atoms with Crippen molar-refractivity contribution in [1.29, 1.82) is 0 Å². The molecule has 4 rings (SSSR count). The number of carbonyl (C=O) groups excluding carboxylic acids is 2. The van der Waals surface area contributed by atoms with Gasteiger partial charge >= 0.3 is 0 Å². The van der Waals surface area contributed by atoms with Crippen molar-refractivity contribution in [1.82, 2.24) is 20.1 Å². The number of hydrogen-bond donors (Lipinski definition) is 1. The number of nitrogens with zero attached hydrogens (tertiary/aromatic N) is 4. The Hall–Kier alpha value is -2.74. The first kappa shape index (κ1) is 16.7. The van der Waals surface area contributed by atoms with Crippen LogP contribution in [0.5, 0.6) is 0 Å². The summed E-state index contributed by atoms with van der Waals surface area (Å²) in [5.41, 5.74) is 2.06. The van der Waals surface area contributed by atoms with Crippen LogP contribution in [0.3, 0.4) is 0 Å². The Kier molecular flexibility index (Phi) is 4.42. The van der Waals surface area contributed by atoms with E-state index in [2.05, 4.69) is 21.5 Å². The molecule has 2 amide bonds. The fourth-order valence-corrected chi connectivity index (χ4v) is 3.74. The standard InChI is InChI=1S/C18H21N5O3/c1-12(23-11-19-10-20-23)18(25)22-7-13(15-4-2-3-5-16(15)22)6-14-8-26-9-17(24)21-14/h2-5,10-14H,6-9H2,1H3,(H,21,24). The van der Waals surface area contributed by atoms with Crippen LogP contribution >= 0.6 is 0 Å². The molecule has 136 valence electrons. The van der Waals surface area contributed by atoms with Gasteiger partial charge in [0.15, 0.2) is 0 Å². The van der Waals surface area contributed by atoms with Gasteiger partial charge in [0.2, 0.25) is 5.91 Å². The quantitative estimate of drug-likeness (QED) is 0.879. The van der Waals surface area contributed by atoms with E-state index < -0.39 is 6.04 Å². The second-order valence-corrected chi connectivity index (χ2v) is 6.77. The zero-order valence-corrected chi connectivity index (χ0v) is 14.5. The Morgan fingerprint density at radius 1 is 1.42 bits per heavy atom. The molecule has 1 aromatic heterocycles. The summed E-state index contributed by atoms with van der Waals surface area (Å²) in [5, 5.41) is 7.05. The van der Waals surface area contributed by atoms with Crippen molar-refractivity contribution < 1.29 is 14.3 Å². The van der Waals surface area contributed by atoms with Crippen LogP contribution in [-0.2, 0) is 14.3 Å². The van der Waals surface area contributed by atoms with Crippen LogP contribution in [0.1, 0.15) is 30.9 Å². The second kappa shape index (κ2) is 6.87. The van der Waals surface area contributed by atoms with E-state index in [-0.39, 0.29) is 30.4 Å². The number of para-hydroxylation sites is 1. The molecule has 8 heteroatoms. The van der Waals surface area contributed by atoms with Gasteiger partial charge in [-0.2, -0.15) is 5.10 Å². The van der Waals surface area contributed by atoms with Crippen molar-refractivity contribution in [3.8, 4) is 0 Å². The summed E-state index contributed by atoms with van der Waals surface area (Å²) in [6.45, 7) is 3.04. The van der Waals surface area contributed by atoms with Gasteiger partial charge in [-0.05, 0) is 25.0 Å². The van der Waals surface area contributed by atoms with Crippen LogP contribution in [0, 0.1) is 0 Å². The van der Waals surface area contributed by atoms with Gasteiger partial charge in [-0.15, -0.1) is 0 Å². The van der Waals surface area contributed by atoms with E-state index in [1.165, 1.54) is 6.33 Å². The van der Waals surface area contributed by atoms with E-state index in [1.54, 1.807) is 11.0 Å². The van der Waals surface area contributed by atoms with Crippen molar-refractivity contribution in [3.05, 3.63) is 42.5 Å². The van der Waals surface area contributed by atoms with Crippen LogP contribution in [0.25, 0.3) is 0 Å². The summed E-state index contributed by atoms with van der Waals surface area (Å²) in [4.78, 5) is 30.3. The van der Waals surface area contributed by atoms with Gasteiger partial charge < -0.3 is 15.0 Å². The van der Waals surface area contributed by atoms with Crippen molar-refractivity contribution in [2.24, 2.45) is 0 Å². The average Bonchev–Trinajstić information content (AvgIpc) is 3.29. The van der Waals surface area contributed by atoms with E-state index in [0.717, 1.165) is 17.7 Å². The number of nitrogens with one attached hydrogen (secondary N) is 1. The molecule has 2 aliphatic rings. The minimum absolute atomic E-state index is 0.0191. The van der Waals surface area contributed by atoms with Crippen molar-refractivity contribution in [2.45, 2.75) is 31.3 Å². The van der Waals surface area contributed by atoms with E-state index in [0.29, 0.717) is 13.2 Å². The third kappa shape index (κ3) is 3.08. The number of morpholine rings is 1. The Morgan fingerprint density at radius 2 is 2.27 bits per heavy atom. The first-order chi connectivity index (χ1) is 12.6. The van der Waals surface area contributed by atoms with Gasteiger partial charge in [0.05, 0.1) is 12.6 Å². The van der Waals surface area contributed by atoms with Crippen LogP contribution < -0.4 is 10.2 Å². The summed E-state index contributed by atoms with van der Waals surface area (Å²) in [6.07, 6.45) is 3.72. The van der Waals surface area contributed by atoms with Gasteiger partial charge in [-0.1, -0.05) is 18.2 Å². The summed E-state index contributed by atoms with van der Waals surface area (Å²) in [7, 11) is 0. The minimum Gasteiger partial charge on any atom is -0.370 e. The molecule has 0 spiro atoms. The number of benzene rings is 1. The Labute approximate surface area is 151 Å². The second-order valence-electron chi connectivity index (χ2n) is 6.77. The Morgan fingerprint density at radius 3 is 3.04 bits per heavy atom. The van der Waals surface area contributed by atoms with Crippen molar-refractivity contribution in [2.75, 3.05) is 24.7 Å². The largest absolute Gasteiger partial charge is 0.370 e. The van der Waals surface area contributed by atoms with E-state index in [4.69, 9.17) is 4.74 Å². The Balaban J connectivity index is 1.54. The van der Waals surface area contributed by atoms with Gasteiger partial charge in [0.1, 0.15) is 25.3 Å². The van der Waals surface area contributed by atoms with Gasteiger partial charge in [-0.25, -0.2) is 9.67 Å². The number of amides is 2. The lowest BCUT2D eigenvalue weighted by molar-refractivity contribution is -0.131. The highest BCUT2D eigenvalue weighted by atomic mass is 16.5. The molecule has 1 aromatic carbocycles. The van der Waals surface area contributed by atoms with E-state index >= 15 is 0 Å². The maximum atomic E-state index is 13.0. The van der Waals surface area contributed by atoms with Crippen LogP contribution in [0.15, 0.2) is 36.9 Å². The molecule has 3 atom stereocenters. The maximum absolute atomic E-state index is 13.0. The molecular formula is C18H21N5O3. The lowest BCUT2D eigenvalue weighted by atomic mass is 9.94. The number of fused-ring (bicyclic) bond motifs is 1. The van der Waals surface area contributed by atoms with Gasteiger partial charge in [0.25, 0.3) is 5.91 Å². The summed E-state index contributed by atoms with van der Waals surface area (Å²) < 4.78 is 6.91. The van der Waals surface area contributed by atoms with Crippen molar-refractivity contribution >= 4 is 17.5 Å². The minimum atomic E-state index is -0.429. The first-order valence-electron chi connectivity index (χ1n) is 8.75. The molecule has 3 heterocycles. The number of aromatic nitrogens is 3. The third-order valence-electron chi connectivity index (χ3n) is 5.01. The first-order valence-corrected chi connectivity index (χ1v) is 8.75. The molecule has 1 saturated heterocycles. The molecular weight excluding hydrogens is 334 g/mol. The van der Waals surface area contributed by atoms with Crippen LogP contribution in [0.2, 0.25) is 0 Å². The highest BCUT2D eigenvalue weighted by Gasteiger charge is 2.36. The van der Waals surface area contributed by atoms with Crippen molar-refractivity contribution in [3.63, 3.8) is 0 Å². The highest BCUT2D eigenvalue weighted by Crippen LogP contribution is 2.39. The number of ether oxygens (including phenoxy) is 1. The molecule has 8 nitrogen and oxygen atoms in total. The topological polar surface area (TPSA) is 89.4 Å². The van der Waals surface area contributed by atoms with E-state index in [9.17, 15) is 9.59 Å². The maximum Gasteiger partial charge on any atom is 0.251 e. The summed E-state index contributed by atoms with van der Waals surface area (Å²) in [5.74, 6) is 0.0553. The van der Waals surface area contributed by atoms with Crippen LogP contribution in [-0.4, -0.2) is 52.4 Å². The Bertz CT molecular complexity index is 807. The molecule has 0 bridgehead atoms. The lowest BCUT2D eigenvalue weighted by Crippen LogP contribution is -2.46. The third-order valence-corrected chi connectivity index (χ3v) is 5.01. The van der Waals surface area contributed by atoms with E-state index in [1.807, 2.05) is 30.0 Å². The molecule has 0 radical (unpaired) electrons. The van der Waals surface area contributed by atoms with Gasteiger partial charge in [0, 0.05) is 18.2 Å². The number of anilines is 1. The molecule has 0 aliphatic carbocycles. The molecule has 3 unspecified atom stereocenters. The fourth-order valence-electron chi connectivity index (χ4n) is 3.74. The molecule has 1 fully saturated rings. The smallest absolute Gasteiger partial charge is 0.251 e.